The van der Waals surface area contributed by atoms with Crippen LogP contribution in [0.5, 0.6) is 0 Å². The van der Waals surface area contributed by atoms with E-state index in [1.54, 1.807) is 36.4 Å². The first kappa shape index (κ1) is 26.0. The lowest BCUT2D eigenvalue weighted by Crippen LogP contribution is -2.36. The third-order valence-corrected chi connectivity index (χ3v) is 8.28. The van der Waals surface area contributed by atoms with E-state index in [2.05, 4.69) is 9.71 Å². The number of nitrogens with one attached hydrogen (secondary N) is 1. The summed E-state index contributed by atoms with van der Waals surface area (Å²) < 4.78 is 66.2. The lowest BCUT2D eigenvalue weighted by atomic mass is 10.1. The molecule has 3 aromatic rings. The molecule has 1 aliphatic carbocycles. The van der Waals surface area contributed by atoms with Crippen LogP contribution < -0.4 is 9.62 Å². The number of imide groups is 1. The number of amides is 3. The summed E-state index contributed by atoms with van der Waals surface area (Å²) in [5.74, 6) is -0.720. The molecule has 0 unspecified atom stereocenters. The Morgan fingerprint density at radius 1 is 1.00 bits per heavy atom. The Labute approximate surface area is 220 Å². The number of halogens is 3. The van der Waals surface area contributed by atoms with E-state index in [0.717, 1.165) is 4.90 Å². The highest BCUT2D eigenvalue weighted by Gasteiger charge is 2.65. The standard InChI is InChI=1S/C25H21F3N4O4S2/c26-25(27,28)37-20-8-6-19(7-9-20)32-22(33)24(11-12-24)31(23(32)34)15-18-10-13-29-14-21(18)30-38(35,36)16-17-4-2-1-3-5-17/h1-10,13-14,30H,11-12,15-16H2. The lowest BCUT2D eigenvalue weighted by Gasteiger charge is -2.23. The molecule has 2 heterocycles. The normalized spacial score (nSPS) is 16.8. The fourth-order valence-corrected chi connectivity index (χ4v) is 6.14. The maximum absolute atomic E-state index is 13.4. The molecule has 13 heteroatoms. The third-order valence-electron chi connectivity index (χ3n) is 6.30. The van der Waals surface area contributed by atoms with Gasteiger partial charge >= 0.3 is 11.5 Å². The molecule has 2 aliphatic rings. The second-order valence-corrected chi connectivity index (χ2v) is 11.8. The van der Waals surface area contributed by atoms with Gasteiger partial charge in [0.05, 0.1) is 29.9 Å². The van der Waals surface area contributed by atoms with Crippen molar-refractivity contribution in [3.8, 4) is 0 Å². The van der Waals surface area contributed by atoms with Crippen LogP contribution >= 0.6 is 11.8 Å². The van der Waals surface area contributed by atoms with Crippen LogP contribution in [-0.4, -0.2) is 41.3 Å². The second kappa shape index (κ2) is 9.62. The Bertz CT molecular complexity index is 1480. The second-order valence-electron chi connectivity index (χ2n) is 8.96. The Kier molecular flexibility index (Phi) is 6.59. The number of sulfonamides is 1. The Morgan fingerprint density at radius 2 is 1.68 bits per heavy atom. The summed E-state index contributed by atoms with van der Waals surface area (Å²) in [5.41, 5.74) is -4.13. The van der Waals surface area contributed by atoms with Gasteiger partial charge in [-0.2, -0.15) is 13.2 Å². The largest absolute Gasteiger partial charge is 0.446 e. The number of hydrogen-bond acceptors (Lipinski definition) is 6. The number of benzene rings is 2. The SMILES string of the molecule is O=C1N(c2ccc(SC(F)(F)F)cc2)C(=O)C2(CC2)N1Cc1ccncc1NS(=O)(=O)Cc1ccccc1. The van der Waals surface area contributed by atoms with E-state index in [0.29, 0.717) is 24.0 Å². The van der Waals surface area contributed by atoms with E-state index in [1.807, 2.05) is 0 Å². The predicted octanol–water partition coefficient (Wildman–Crippen LogP) is 5.14. The number of anilines is 2. The van der Waals surface area contributed by atoms with Crippen LogP contribution in [-0.2, 0) is 27.1 Å². The van der Waals surface area contributed by atoms with Gasteiger partial charge in [0.1, 0.15) is 5.54 Å². The van der Waals surface area contributed by atoms with Crippen LogP contribution in [0.15, 0.2) is 78.0 Å². The molecule has 0 bridgehead atoms. The maximum atomic E-state index is 13.4. The quantitative estimate of drug-likeness (QED) is 0.302. The molecule has 1 N–H and O–H groups in total. The smallest absolute Gasteiger partial charge is 0.305 e. The minimum absolute atomic E-state index is 0.0607. The van der Waals surface area contributed by atoms with Crippen molar-refractivity contribution in [1.29, 1.82) is 0 Å². The van der Waals surface area contributed by atoms with Gasteiger partial charge in [0, 0.05) is 11.1 Å². The monoisotopic (exact) mass is 562 g/mol. The summed E-state index contributed by atoms with van der Waals surface area (Å²) >= 11 is -0.286. The van der Waals surface area contributed by atoms with Crippen molar-refractivity contribution in [3.05, 3.63) is 84.2 Å². The van der Waals surface area contributed by atoms with Gasteiger partial charge in [-0.15, -0.1) is 0 Å². The van der Waals surface area contributed by atoms with Gasteiger partial charge in [-0.1, -0.05) is 30.3 Å². The molecule has 38 heavy (non-hydrogen) atoms. The molecule has 1 aromatic heterocycles. The summed E-state index contributed by atoms with van der Waals surface area (Å²) in [6, 6.07) is 14.6. The van der Waals surface area contributed by atoms with Gasteiger partial charge in [-0.05, 0) is 66.1 Å². The lowest BCUT2D eigenvalue weighted by molar-refractivity contribution is -0.120. The van der Waals surface area contributed by atoms with E-state index in [9.17, 15) is 31.2 Å². The predicted molar refractivity (Wildman–Crippen MR) is 136 cm³/mol. The van der Waals surface area contributed by atoms with Crippen molar-refractivity contribution in [1.82, 2.24) is 9.88 Å². The third kappa shape index (κ3) is 5.34. The Morgan fingerprint density at radius 3 is 2.32 bits per heavy atom. The van der Waals surface area contributed by atoms with Crippen LogP contribution in [0.25, 0.3) is 0 Å². The molecule has 2 fully saturated rings. The van der Waals surface area contributed by atoms with Gasteiger partial charge in [0.15, 0.2) is 0 Å². The Hall–Kier alpha value is -3.58. The minimum atomic E-state index is -4.46. The van der Waals surface area contributed by atoms with Gasteiger partial charge in [-0.25, -0.2) is 18.1 Å². The van der Waals surface area contributed by atoms with Crippen LogP contribution in [0, 0.1) is 0 Å². The minimum Gasteiger partial charge on any atom is -0.305 e. The van der Waals surface area contributed by atoms with E-state index < -0.39 is 33.0 Å². The van der Waals surface area contributed by atoms with Gasteiger partial charge in [0.2, 0.25) is 10.0 Å². The summed E-state index contributed by atoms with van der Waals surface area (Å²) in [6.07, 6.45) is 3.65. The number of alkyl halides is 3. The van der Waals surface area contributed by atoms with Gasteiger partial charge < -0.3 is 4.90 Å². The first-order chi connectivity index (χ1) is 18.0. The van der Waals surface area contributed by atoms with Crippen LogP contribution in [0.4, 0.5) is 29.3 Å². The molecule has 1 saturated heterocycles. The van der Waals surface area contributed by atoms with Crippen molar-refractivity contribution < 1.29 is 31.2 Å². The number of hydrogen-bond donors (Lipinski definition) is 1. The molecule has 5 rings (SSSR count). The number of rotatable bonds is 8. The molecule has 0 atom stereocenters. The summed E-state index contributed by atoms with van der Waals surface area (Å²) in [6.45, 7) is -0.0607. The molecule has 1 saturated carbocycles. The number of nitrogens with zero attached hydrogens (tertiary/aromatic N) is 3. The molecular weight excluding hydrogens is 541 g/mol. The molecule has 1 aliphatic heterocycles. The van der Waals surface area contributed by atoms with Crippen molar-refractivity contribution in [3.63, 3.8) is 0 Å². The summed E-state index contributed by atoms with van der Waals surface area (Å²) in [7, 11) is -3.81. The number of carbonyl (C=O) groups is 2. The molecule has 0 radical (unpaired) electrons. The fourth-order valence-electron chi connectivity index (χ4n) is 4.38. The molecule has 3 amide bonds. The van der Waals surface area contributed by atoms with Crippen molar-refractivity contribution in [2.75, 3.05) is 9.62 Å². The van der Waals surface area contributed by atoms with E-state index in [-0.39, 0.29) is 40.3 Å². The van der Waals surface area contributed by atoms with Crippen LogP contribution in [0.1, 0.15) is 24.0 Å². The average Bonchev–Trinajstić information content (AvgIpc) is 3.62. The maximum Gasteiger partial charge on any atom is 0.446 e. The average molecular weight is 563 g/mol. The number of pyridine rings is 1. The number of thioether (sulfide) groups is 1. The molecule has 1 spiro atoms. The first-order valence-electron chi connectivity index (χ1n) is 11.5. The highest BCUT2D eigenvalue weighted by atomic mass is 32.2. The first-order valence-corrected chi connectivity index (χ1v) is 13.9. The zero-order valence-corrected chi connectivity index (χ0v) is 21.3. The zero-order valence-electron chi connectivity index (χ0n) is 19.7. The number of urea groups is 1. The van der Waals surface area contributed by atoms with Crippen molar-refractivity contribution in [2.24, 2.45) is 0 Å². The van der Waals surface area contributed by atoms with Gasteiger partial charge in [0.25, 0.3) is 5.91 Å². The van der Waals surface area contributed by atoms with Crippen molar-refractivity contribution >= 4 is 45.1 Å². The van der Waals surface area contributed by atoms with E-state index >= 15 is 0 Å². The molecule has 8 nitrogen and oxygen atoms in total. The highest BCUT2D eigenvalue weighted by Crippen LogP contribution is 2.50. The molecule has 2 aromatic carbocycles. The van der Waals surface area contributed by atoms with E-state index in [4.69, 9.17) is 0 Å². The number of carbonyl (C=O) groups excluding carboxylic acids is 2. The van der Waals surface area contributed by atoms with E-state index in [1.165, 1.54) is 41.6 Å². The highest BCUT2D eigenvalue weighted by molar-refractivity contribution is 8.00. The molecule has 198 valence electrons. The van der Waals surface area contributed by atoms with Gasteiger partial charge in [-0.3, -0.25) is 14.5 Å². The van der Waals surface area contributed by atoms with Crippen LogP contribution in [0.2, 0.25) is 0 Å². The fraction of sp³-hybridized carbons (Fsp3) is 0.240. The summed E-state index contributed by atoms with van der Waals surface area (Å²) in [5, 5.41) is 0. The zero-order chi connectivity index (χ0) is 27.1. The topological polar surface area (TPSA) is 99.7 Å². The molecular formula is C25H21F3N4O4S2. The summed E-state index contributed by atoms with van der Waals surface area (Å²) in [4.78, 5) is 33.0. The van der Waals surface area contributed by atoms with Crippen molar-refractivity contribution in [2.45, 2.75) is 41.1 Å². The van der Waals surface area contributed by atoms with Crippen LogP contribution in [0.3, 0.4) is 0 Å². The number of aromatic nitrogens is 1. The Balaban J connectivity index is 1.37.